The quantitative estimate of drug-likeness (QED) is 0.685. The molecule has 0 aliphatic rings. The summed E-state index contributed by atoms with van der Waals surface area (Å²) in [6.45, 7) is 0. The number of nitrogens with zero attached hydrogens (tertiary/aromatic N) is 2. The Bertz CT molecular complexity index is 819. The molecule has 104 valence electrons. The van der Waals surface area contributed by atoms with Gasteiger partial charge in [0, 0.05) is 10.0 Å². The molecule has 0 spiro atoms. The number of halogens is 2. The van der Waals surface area contributed by atoms with Crippen molar-refractivity contribution >= 4 is 54.4 Å². The molecule has 0 radical (unpaired) electrons. The minimum atomic E-state index is -0.212. The SMILES string of the molecule is O=C(Nc1cnc(Br)cn1)c1ccc2cc(Br)ccc2c1. The number of nitrogens with one attached hydrogen (secondary N) is 1. The second kappa shape index (κ2) is 5.91. The van der Waals surface area contributed by atoms with Crippen molar-refractivity contribution in [3.8, 4) is 0 Å². The molecule has 0 atom stereocenters. The van der Waals surface area contributed by atoms with Gasteiger partial charge in [0.05, 0.1) is 12.4 Å². The number of anilines is 1. The Morgan fingerprint density at radius 1 is 0.952 bits per heavy atom. The number of fused-ring (bicyclic) bond motifs is 1. The lowest BCUT2D eigenvalue weighted by molar-refractivity contribution is 0.102. The number of carbonyl (C=O) groups is 1. The molecule has 0 aliphatic carbocycles. The molecule has 3 aromatic rings. The summed E-state index contributed by atoms with van der Waals surface area (Å²) in [6, 6.07) is 11.5. The molecular weight excluding hydrogens is 398 g/mol. The van der Waals surface area contributed by atoms with Gasteiger partial charge in [-0.15, -0.1) is 0 Å². The summed E-state index contributed by atoms with van der Waals surface area (Å²) in [6.07, 6.45) is 3.04. The summed E-state index contributed by atoms with van der Waals surface area (Å²) >= 11 is 6.63. The number of benzene rings is 2. The van der Waals surface area contributed by atoms with Gasteiger partial charge in [-0.2, -0.15) is 0 Å². The highest BCUT2D eigenvalue weighted by Crippen LogP contribution is 2.21. The van der Waals surface area contributed by atoms with Crippen LogP contribution in [0.25, 0.3) is 10.8 Å². The number of carbonyl (C=O) groups excluding carboxylic acids is 1. The van der Waals surface area contributed by atoms with Gasteiger partial charge in [-0.05, 0) is 51.0 Å². The van der Waals surface area contributed by atoms with Crippen LogP contribution in [0.2, 0.25) is 0 Å². The van der Waals surface area contributed by atoms with Gasteiger partial charge >= 0.3 is 0 Å². The lowest BCUT2D eigenvalue weighted by Gasteiger charge is -2.06. The third-order valence-corrected chi connectivity index (χ3v) is 3.83. The van der Waals surface area contributed by atoms with Crippen LogP contribution < -0.4 is 5.32 Å². The summed E-state index contributed by atoms with van der Waals surface area (Å²) in [7, 11) is 0. The van der Waals surface area contributed by atoms with Crippen molar-refractivity contribution in [3.63, 3.8) is 0 Å². The number of rotatable bonds is 2. The summed E-state index contributed by atoms with van der Waals surface area (Å²) in [5.74, 6) is 0.204. The summed E-state index contributed by atoms with van der Waals surface area (Å²) in [5.41, 5.74) is 0.578. The lowest BCUT2D eigenvalue weighted by Crippen LogP contribution is -2.13. The first-order valence-corrected chi connectivity index (χ1v) is 7.69. The third kappa shape index (κ3) is 3.28. The molecule has 0 bridgehead atoms. The molecule has 6 heteroatoms. The van der Waals surface area contributed by atoms with Gasteiger partial charge in [-0.25, -0.2) is 9.97 Å². The van der Waals surface area contributed by atoms with Crippen molar-refractivity contribution in [2.45, 2.75) is 0 Å². The van der Waals surface area contributed by atoms with Crippen LogP contribution in [0, 0.1) is 0 Å². The molecule has 0 saturated heterocycles. The van der Waals surface area contributed by atoms with Crippen LogP contribution >= 0.6 is 31.9 Å². The van der Waals surface area contributed by atoms with Crippen LogP contribution in [-0.2, 0) is 0 Å². The average Bonchev–Trinajstić information content (AvgIpc) is 2.49. The molecule has 0 aliphatic heterocycles. The first-order valence-electron chi connectivity index (χ1n) is 6.10. The van der Waals surface area contributed by atoms with E-state index in [0.29, 0.717) is 16.0 Å². The predicted octanol–water partition coefficient (Wildman–Crippen LogP) is 4.41. The van der Waals surface area contributed by atoms with E-state index in [-0.39, 0.29) is 5.91 Å². The number of aromatic nitrogens is 2. The molecule has 21 heavy (non-hydrogen) atoms. The van der Waals surface area contributed by atoms with Gasteiger partial charge in [0.25, 0.3) is 5.91 Å². The van der Waals surface area contributed by atoms with Crippen LogP contribution in [0.1, 0.15) is 10.4 Å². The maximum absolute atomic E-state index is 12.2. The van der Waals surface area contributed by atoms with Gasteiger partial charge in [-0.3, -0.25) is 4.79 Å². The van der Waals surface area contributed by atoms with E-state index in [1.165, 1.54) is 12.4 Å². The predicted molar refractivity (Wildman–Crippen MR) is 89.3 cm³/mol. The van der Waals surface area contributed by atoms with E-state index in [0.717, 1.165) is 15.2 Å². The fourth-order valence-electron chi connectivity index (χ4n) is 1.92. The summed E-state index contributed by atoms with van der Waals surface area (Å²) in [4.78, 5) is 20.3. The lowest BCUT2D eigenvalue weighted by atomic mass is 10.1. The highest BCUT2D eigenvalue weighted by Gasteiger charge is 2.08. The molecule has 1 aromatic heterocycles. The number of hydrogen-bond acceptors (Lipinski definition) is 3. The minimum absolute atomic E-state index is 0.212. The molecule has 1 amide bonds. The fraction of sp³-hybridized carbons (Fsp3) is 0. The molecular formula is C15H9Br2N3O. The van der Waals surface area contributed by atoms with E-state index in [9.17, 15) is 4.79 Å². The maximum atomic E-state index is 12.2. The zero-order valence-electron chi connectivity index (χ0n) is 10.7. The smallest absolute Gasteiger partial charge is 0.256 e. The van der Waals surface area contributed by atoms with Crippen molar-refractivity contribution in [3.05, 3.63) is 63.4 Å². The molecule has 1 heterocycles. The molecule has 2 aromatic carbocycles. The Hall–Kier alpha value is -1.79. The normalized spacial score (nSPS) is 10.6. The molecule has 0 unspecified atom stereocenters. The molecule has 0 saturated carbocycles. The average molecular weight is 407 g/mol. The van der Waals surface area contributed by atoms with Gasteiger partial charge in [-0.1, -0.05) is 28.1 Å². The van der Waals surface area contributed by atoms with Crippen LogP contribution in [0.5, 0.6) is 0 Å². The first kappa shape index (κ1) is 14.2. The van der Waals surface area contributed by atoms with Crippen LogP contribution in [0.15, 0.2) is 57.9 Å². The van der Waals surface area contributed by atoms with Crippen molar-refractivity contribution in [1.82, 2.24) is 9.97 Å². The summed E-state index contributed by atoms with van der Waals surface area (Å²) < 4.78 is 1.63. The number of amides is 1. The third-order valence-electron chi connectivity index (χ3n) is 2.93. The molecule has 3 rings (SSSR count). The second-order valence-corrected chi connectivity index (χ2v) is 6.11. The van der Waals surface area contributed by atoms with Gasteiger partial charge in [0.15, 0.2) is 5.82 Å². The molecule has 1 N–H and O–H groups in total. The van der Waals surface area contributed by atoms with E-state index in [1.54, 1.807) is 6.07 Å². The first-order chi connectivity index (χ1) is 10.1. The zero-order valence-corrected chi connectivity index (χ0v) is 13.8. The molecule has 0 fully saturated rings. The Morgan fingerprint density at radius 3 is 2.48 bits per heavy atom. The minimum Gasteiger partial charge on any atom is -0.305 e. The zero-order chi connectivity index (χ0) is 14.8. The Balaban J connectivity index is 1.87. The fourth-order valence-corrected chi connectivity index (χ4v) is 2.51. The van der Waals surface area contributed by atoms with Gasteiger partial charge in [0.1, 0.15) is 4.60 Å². The van der Waals surface area contributed by atoms with E-state index >= 15 is 0 Å². The van der Waals surface area contributed by atoms with Gasteiger partial charge in [0.2, 0.25) is 0 Å². The Morgan fingerprint density at radius 2 is 1.71 bits per heavy atom. The van der Waals surface area contributed by atoms with Gasteiger partial charge < -0.3 is 5.32 Å². The largest absolute Gasteiger partial charge is 0.305 e. The standard InChI is InChI=1S/C15H9Br2N3O/c16-12-4-3-9-5-11(2-1-10(9)6-12)15(21)20-14-8-18-13(17)7-19-14/h1-8H,(H,19,20,21). The van der Waals surface area contributed by atoms with Crippen molar-refractivity contribution in [1.29, 1.82) is 0 Å². The topological polar surface area (TPSA) is 54.9 Å². The highest BCUT2D eigenvalue weighted by atomic mass is 79.9. The Labute approximate surface area is 137 Å². The van der Waals surface area contributed by atoms with Crippen LogP contribution in [-0.4, -0.2) is 15.9 Å². The monoisotopic (exact) mass is 405 g/mol. The van der Waals surface area contributed by atoms with Crippen LogP contribution in [0.4, 0.5) is 5.82 Å². The second-order valence-electron chi connectivity index (χ2n) is 4.38. The van der Waals surface area contributed by atoms with Crippen molar-refractivity contribution in [2.75, 3.05) is 5.32 Å². The van der Waals surface area contributed by atoms with Crippen LogP contribution in [0.3, 0.4) is 0 Å². The maximum Gasteiger partial charge on any atom is 0.256 e. The van der Waals surface area contributed by atoms with Crippen molar-refractivity contribution in [2.24, 2.45) is 0 Å². The molecule has 4 nitrogen and oxygen atoms in total. The van der Waals surface area contributed by atoms with E-state index in [4.69, 9.17) is 0 Å². The van der Waals surface area contributed by atoms with E-state index in [1.807, 2.05) is 30.3 Å². The highest BCUT2D eigenvalue weighted by molar-refractivity contribution is 9.10. The Kier molecular flexibility index (Phi) is 3.98. The van der Waals surface area contributed by atoms with Crippen molar-refractivity contribution < 1.29 is 4.79 Å². The van der Waals surface area contributed by atoms with E-state index < -0.39 is 0 Å². The van der Waals surface area contributed by atoms with E-state index in [2.05, 4.69) is 47.1 Å². The number of hydrogen-bond donors (Lipinski definition) is 1. The summed E-state index contributed by atoms with van der Waals surface area (Å²) in [5, 5.41) is 4.80.